The van der Waals surface area contributed by atoms with Crippen LogP contribution in [0.3, 0.4) is 0 Å². The number of alkyl halides is 1. The number of nitro groups is 1. The number of aromatic nitrogens is 3. The zero-order valence-corrected chi connectivity index (χ0v) is 43.9. The van der Waals surface area contributed by atoms with Gasteiger partial charge in [-0.3, -0.25) is 24.7 Å². The van der Waals surface area contributed by atoms with Gasteiger partial charge in [0.2, 0.25) is 12.7 Å². The van der Waals surface area contributed by atoms with Crippen LogP contribution in [0.15, 0.2) is 90.2 Å². The van der Waals surface area contributed by atoms with Crippen molar-refractivity contribution in [2.75, 3.05) is 76.6 Å². The highest BCUT2D eigenvalue weighted by molar-refractivity contribution is 7.90. The first-order valence-corrected chi connectivity index (χ1v) is 27.5. The summed E-state index contributed by atoms with van der Waals surface area (Å²) in [4.78, 5) is 44.1. The van der Waals surface area contributed by atoms with Crippen LogP contribution in [0.25, 0.3) is 11.0 Å². The predicted molar refractivity (Wildman–Crippen MR) is 282 cm³/mol. The average Bonchev–Trinajstić information content (AvgIpc) is 4.18. The van der Waals surface area contributed by atoms with Crippen LogP contribution in [0.4, 0.5) is 25.8 Å². The SMILES string of the molecule is COc1ccc(CN2CCN(C3CC4(CCN(c5cc(Oc6cnc7[nH]ccc7c6)c(C(=O)NS(=O)(=O)c6cc([N+](=O)[O-])c(NCC7(F)CCOCC7)c7c6OCO7)cc5F)CC4)C3)[C@H](c3ccccc3C(C)C)C2)cn1. The van der Waals surface area contributed by atoms with E-state index in [2.05, 4.69) is 74.2 Å². The monoisotopic (exact) mass is 1080 g/mol. The summed E-state index contributed by atoms with van der Waals surface area (Å²) >= 11 is 0. The van der Waals surface area contributed by atoms with Gasteiger partial charge in [-0.25, -0.2) is 31.9 Å². The number of sulfonamides is 1. The number of benzene rings is 3. The predicted octanol–water partition coefficient (Wildman–Crippen LogP) is 9.02. The molecule has 1 aliphatic carbocycles. The molecular weight excluding hydrogens is 1020 g/mol. The van der Waals surface area contributed by atoms with Crippen LogP contribution < -0.4 is 33.9 Å². The van der Waals surface area contributed by atoms with E-state index in [9.17, 15) is 23.3 Å². The number of rotatable bonds is 16. The van der Waals surface area contributed by atoms with Gasteiger partial charge in [-0.2, -0.15) is 0 Å². The number of piperazine rings is 1. The molecular formula is C55H61F2N9O10S. The lowest BCUT2D eigenvalue weighted by Gasteiger charge is -2.58. The Hall–Kier alpha value is -7.14. The first kappa shape index (κ1) is 51.9. The minimum atomic E-state index is -5.02. The van der Waals surface area contributed by atoms with Crippen LogP contribution in [0, 0.1) is 21.3 Å². The van der Waals surface area contributed by atoms with Crippen molar-refractivity contribution in [1.82, 2.24) is 29.5 Å². The number of nitrogens with zero attached hydrogens (tertiary/aromatic N) is 6. The lowest BCUT2D eigenvalue weighted by atomic mass is 9.59. The number of carbonyl (C=O) groups is 1. The molecule has 406 valence electrons. The lowest BCUT2D eigenvalue weighted by molar-refractivity contribution is -0.384. The number of fused-ring (bicyclic) bond motifs is 2. The Morgan fingerprint density at radius 3 is 2.49 bits per heavy atom. The average molecular weight is 1080 g/mol. The van der Waals surface area contributed by atoms with E-state index in [1.165, 1.54) is 23.4 Å². The van der Waals surface area contributed by atoms with Crippen LogP contribution in [0.2, 0.25) is 0 Å². The van der Waals surface area contributed by atoms with E-state index in [1.54, 1.807) is 25.4 Å². The van der Waals surface area contributed by atoms with Crippen molar-refractivity contribution < 1.29 is 50.6 Å². The highest BCUT2D eigenvalue weighted by Gasteiger charge is 2.50. The molecule has 1 amide bonds. The third-order valence-corrected chi connectivity index (χ3v) is 17.4. The molecule has 3 saturated heterocycles. The smallest absolute Gasteiger partial charge is 0.297 e. The minimum Gasteiger partial charge on any atom is -0.481 e. The van der Waals surface area contributed by atoms with Crippen LogP contribution in [-0.2, 0) is 21.3 Å². The van der Waals surface area contributed by atoms with Crippen molar-refractivity contribution in [3.63, 3.8) is 0 Å². The Morgan fingerprint density at radius 2 is 1.75 bits per heavy atom. The largest absolute Gasteiger partial charge is 0.481 e. The summed E-state index contributed by atoms with van der Waals surface area (Å²) in [6.07, 6.45) is 8.73. The normalized spacial score (nSPS) is 19.6. The van der Waals surface area contributed by atoms with Crippen LogP contribution in [-0.4, -0.2) is 122 Å². The third kappa shape index (κ3) is 10.5. The number of ether oxygens (including phenoxy) is 5. The Balaban J connectivity index is 0.820. The highest BCUT2D eigenvalue weighted by Crippen LogP contribution is 2.54. The molecule has 3 aromatic heterocycles. The molecule has 7 heterocycles. The molecule has 1 spiro atoms. The summed E-state index contributed by atoms with van der Waals surface area (Å²) in [6.45, 7) is 8.50. The Morgan fingerprint density at radius 1 is 0.974 bits per heavy atom. The van der Waals surface area contributed by atoms with E-state index < -0.39 is 61.0 Å². The molecule has 22 heteroatoms. The number of nitro benzene ring substituents is 1. The summed E-state index contributed by atoms with van der Waals surface area (Å²) in [5.74, 6) is -1.86. The van der Waals surface area contributed by atoms with Crippen molar-refractivity contribution >= 4 is 44.0 Å². The summed E-state index contributed by atoms with van der Waals surface area (Å²) in [5.41, 5.74) is 1.38. The molecule has 19 nitrogen and oxygen atoms in total. The van der Waals surface area contributed by atoms with Crippen molar-refractivity contribution in [2.45, 2.75) is 87.5 Å². The van der Waals surface area contributed by atoms with E-state index in [0.717, 1.165) is 63.5 Å². The molecule has 3 N–H and O–H groups in total. The first-order valence-electron chi connectivity index (χ1n) is 26.0. The number of pyridine rings is 2. The summed E-state index contributed by atoms with van der Waals surface area (Å²) < 4.78 is 90.6. The van der Waals surface area contributed by atoms with Crippen LogP contribution >= 0.6 is 0 Å². The second-order valence-corrected chi connectivity index (χ2v) is 22.8. The molecule has 4 fully saturated rings. The van der Waals surface area contributed by atoms with Crippen molar-refractivity contribution in [2.24, 2.45) is 5.41 Å². The summed E-state index contributed by atoms with van der Waals surface area (Å²) in [6, 6.07) is 19.8. The zero-order chi connectivity index (χ0) is 53.6. The highest BCUT2D eigenvalue weighted by atomic mass is 32.2. The van der Waals surface area contributed by atoms with Gasteiger partial charge in [-0.05, 0) is 71.9 Å². The fourth-order valence-electron chi connectivity index (χ4n) is 11.8. The molecule has 0 unspecified atom stereocenters. The number of anilines is 2. The fourth-order valence-corrected chi connectivity index (χ4v) is 12.9. The first-order chi connectivity index (χ1) is 37.1. The van der Waals surface area contributed by atoms with E-state index in [4.69, 9.17) is 23.7 Å². The topological polar surface area (TPSA) is 216 Å². The lowest BCUT2D eigenvalue weighted by Crippen LogP contribution is -2.60. The van der Waals surface area contributed by atoms with E-state index in [1.807, 2.05) is 21.9 Å². The fraction of sp³-hybridized carbons (Fsp3) is 0.436. The van der Waals surface area contributed by atoms with E-state index in [0.29, 0.717) is 48.0 Å². The standard InChI is InChI=1S/C55H61F2N9O10S/c1-34(2)39-6-4-5-7-40(39)45-31-63(30-35-8-9-48(72-3)59-28-35)18-19-65(45)37-26-54(27-37)11-16-64(17-12-54)43-24-46(76-38-22-36-10-15-58-52(36)60-29-38)41(23-42(43)56)53(67)62-77(70,71)47-25-44(66(68)69)49(51-50(47)74-33-75-51)61-32-55(57)13-20-73-21-14-55/h4-10,15,22-25,28-29,34,37,45,61H,11-14,16-21,26-27,30-33H2,1-3H3,(H,58,60)(H,62,67)/t45-/m0/s1. The van der Waals surface area contributed by atoms with Gasteiger partial charge in [0, 0.05) is 120 Å². The molecule has 77 heavy (non-hydrogen) atoms. The number of halogens is 2. The van der Waals surface area contributed by atoms with Gasteiger partial charge in [0.1, 0.15) is 33.5 Å². The van der Waals surface area contributed by atoms with Crippen LogP contribution in [0.1, 0.15) is 91.4 Å². The maximum absolute atomic E-state index is 16.7. The molecule has 4 aliphatic heterocycles. The molecule has 0 radical (unpaired) electrons. The second kappa shape index (κ2) is 21.0. The number of piperidine rings is 1. The quantitative estimate of drug-likeness (QED) is 0.0609. The van der Waals surface area contributed by atoms with Gasteiger partial charge < -0.3 is 38.9 Å². The van der Waals surface area contributed by atoms with Gasteiger partial charge in [0.15, 0.2) is 17.2 Å². The molecule has 1 atom stereocenters. The molecule has 6 aromatic rings. The third-order valence-electron chi connectivity index (χ3n) is 16.0. The molecule has 5 aliphatic rings. The number of H-pyrrole nitrogens is 1. The van der Waals surface area contributed by atoms with Crippen molar-refractivity contribution in [3.8, 4) is 28.9 Å². The van der Waals surface area contributed by atoms with E-state index in [-0.39, 0.29) is 72.7 Å². The maximum Gasteiger partial charge on any atom is 0.297 e. The molecule has 11 rings (SSSR count). The number of methoxy groups -OCH3 is 1. The number of amides is 1. The second-order valence-electron chi connectivity index (χ2n) is 21.2. The van der Waals surface area contributed by atoms with Crippen molar-refractivity contribution in [1.29, 1.82) is 0 Å². The van der Waals surface area contributed by atoms with Crippen LogP contribution in [0.5, 0.6) is 28.9 Å². The Kier molecular flexibility index (Phi) is 14.2. The number of aromatic amines is 1. The Labute approximate surface area is 444 Å². The number of hydrogen-bond donors (Lipinski definition) is 3. The van der Waals surface area contributed by atoms with Gasteiger partial charge in [0.25, 0.3) is 21.6 Å². The number of hydrogen-bond acceptors (Lipinski definition) is 16. The van der Waals surface area contributed by atoms with Gasteiger partial charge in [0.05, 0.1) is 29.5 Å². The zero-order valence-electron chi connectivity index (χ0n) is 43.1. The molecule has 3 aromatic carbocycles. The van der Waals surface area contributed by atoms with Gasteiger partial charge in [-0.1, -0.05) is 44.2 Å². The summed E-state index contributed by atoms with van der Waals surface area (Å²) in [5, 5.41) is 15.9. The van der Waals surface area contributed by atoms with Gasteiger partial charge in [-0.15, -0.1) is 0 Å². The molecule has 1 saturated carbocycles. The van der Waals surface area contributed by atoms with E-state index >= 15 is 8.78 Å². The van der Waals surface area contributed by atoms with Gasteiger partial charge >= 0.3 is 0 Å². The number of carbonyl (C=O) groups excluding carboxylic acids is 1. The number of nitrogens with one attached hydrogen (secondary N) is 3. The summed E-state index contributed by atoms with van der Waals surface area (Å²) in [7, 11) is -3.40. The Bertz CT molecular complexity index is 3300. The maximum atomic E-state index is 16.7. The molecule has 0 bridgehead atoms. The van der Waals surface area contributed by atoms with Crippen molar-refractivity contribution in [3.05, 3.63) is 124 Å². The minimum absolute atomic E-state index is 0.0383.